The third kappa shape index (κ3) is 3.80. The third-order valence-corrected chi connectivity index (χ3v) is 3.70. The first-order valence-electron chi connectivity index (χ1n) is 7.89. The van der Waals surface area contributed by atoms with E-state index in [9.17, 15) is 26.7 Å². The average molecular weight is 394 g/mol. The molecule has 0 heterocycles. The Morgan fingerprint density at radius 2 is 1.25 bits per heavy atom. The zero-order chi connectivity index (χ0) is 20.3. The fraction of sp³-hybridized carbons (Fsp3) is 0.0500. The maximum atomic E-state index is 13.6. The molecular formula is C20H11F5O3. The summed E-state index contributed by atoms with van der Waals surface area (Å²) in [5, 5.41) is 0. The zero-order valence-corrected chi connectivity index (χ0v) is 14.0. The van der Waals surface area contributed by atoms with Gasteiger partial charge in [0.2, 0.25) is 34.8 Å². The highest BCUT2D eigenvalue weighted by molar-refractivity contribution is 5.75. The number of hydrogen-bond donors (Lipinski definition) is 0. The van der Waals surface area contributed by atoms with Crippen LogP contribution in [-0.4, -0.2) is 12.6 Å². The maximum absolute atomic E-state index is 13.6. The monoisotopic (exact) mass is 394 g/mol. The Morgan fingerprint density at radius 1 is 0.714 bits per heavy atom. The fourth-order valence-corrected chi connectivity index (χ4v) is 2.40. The number of halogens is 5. The van der Waals surface area contributed by atoms with Crippen LogP contribution in [0.4, 0.5) is 22.0 Å². The number of carbonyl (C=O) groups is 1. The first-order chi connectivity index (χ1) is 13.4. The molecule has 3 nitrogen and oxygen atoms in total. The number of hydrogen-bond acceptors (Lipinski definition) is 3. The molecule has 0 saturated carbocycles. The number of ether oxygens (including phenoxy) is 2. The van der Waals surface area contributed by atoms with Crippen LogP contribution in [0, 0.1) is 29.1 Å². The molecule has 0 amide bonds. The third-order valence-electron chi connectivity index (χ3n) is 3.70. The number of benzene rings is 3. The van der Waals surface area contributed by atoms with Gasteiger partial charge in [-0.1, -0.05) is 48.5 Å². The molecule has 3 aromatic rings. The van der Waals surface area contributed by atoms with Crippen LogP contribution < -0.4 is 9.47 Å². The fourth-order valence-electron chi connectivity index (χ4n) is 2.40. The van der Waals surface area contributed by atoms with Crippen LogP contribution >= 0.6 is 0 Å². The number of rotatable bonds is 5. The van der Waals surface area contributed by atoms with Crippen LogP contribution in [0.5, 0.6) is 11.5 Å². The second-order valence-corrected chi connectivity index (χ2v) is 5.52. The van der Waals surface area contributed by atoms with Gasteiger partial charge in [-0.3, -0.25) is 0 Å². The molecule has 28 heavy (non-hydrogen) atoms. The summed E-state index contributed by atoms with van der Waals surface area (Å²) in [6, 6.07) is 15.7. The summed E-state index contributed by atoms with van der Waals surface area (Å²) in [6.45, 7) is -0.816. The summed E-state index contributed by atoms with van der Waals surface area (Å²) < 4.78 is 76.1. The summed E-state index contributed by atoms with van der Waals surface area (Å²) in [4.78, 5) is 11.8. The van der Waals surface area contributed by atoms with Gasteiger partial charge in [-0.2, -0.15) is 8.78 Å². The molecule has 0 saturated heterocycles. The van der Waals surface area contributed by atoms with Crippen molar-refractivity contribution in [1.29, 1.82) is 0 Å². The van der Waals surface area contributed by atoms with Gasteiger partial charge >= 0.3 is 5.97 Å². The normalized spacial score (nSPS) is 10.6. The SMILES string of the molecule is O=C(COc1ccccc1-c1ccccc1)Oc1c(F)c(F)c(F)c(F)c1F. The molecule has 0 aromatic heterocycles. The van der Waals surface area contributed by atoms with E-state index in [1.54, 1.807) is 48.5 Å². The van der Waals surface area contributed by atoms with Crippen molar-refractivity contribution in [3.63, 3.8) is 0 Å². The van der Waals surface area contributed by atoms with Crippen LogP contribution in [-0.2, 0) is 4.79 Å². The van der Waals surface area contributed by atoms with Crippen molar-refractivity contribution in [2.24, 2.45) is 0 Å². The highest BCUT2D eigenvalue weighted by Gasteiger charge is 2.28. The molecule has 0 unspecified atom stereocenters. The predicted octanol–water partition coefficient (Wildman–Crippen LogP) is 5.03. The molecule has 0 aliphatic rings. The van der Waals surface area contributed by atoms with Crippen molar-refractivity contribution >= 4 is 5.97 Å². The Kier molecular flexibility index (Phi) is 5.58. The Bertz CT molecular complexity index is 993. The van der Waals surface area contributed by atoms with Gasteiger partial charge in [0.05, 0.1) is 0 Å². The lowest BCUT2D eigenvalue weighted by Gasteiger charge is -2.12. The van der Waals surface area contributed by atoms with Gasteiger partial charge in [-0.05, 0) is 11.6 Å². The van der Waals surface area contributed by atoms with E-state index in [0.29, 0.717) is 5.56 Å². The van der Waals surface area contributed by atoms with E-state index < -0.39 is 47.4 Å². The zero-order valence-electron chi connectivity index (χ0n) is 14.0. The number of carbonyl (C=O) groups excluding carboxylic acids is 1. The van der Waals surface area contributed by atoms with E-state index in [1.807, 2.05) is 6.07 Å². The minimum atomic E-state index is -2.34. The predicted molar refractivity (Wildman–Crippen MR) is 89.2 cm³/mol. The molecule has 0 aliphatic carbocycles. The van der Waals surface area contributed by atoms with E-state index >= 15 is 0 Å². The minimum Gasteiger partial charge on any atom is -0.481 e. The smallest absolute Gasteiger partial charge is 0.349 e. The average Bonchev–Trinajstić information content (AvgIpc) is 2.73. The summed E-state index contributed by atoms with van der Waals surface area (Å²) in [5.41, 5.74) is 1.42. The van der Waals surface area contributed by atoms with Gasteiger partial charge in [0.25, 0.3) is 0 Å². The highest BCUT2D eigenvalue weighted by atomic mass is 19.2. The van der Waals surface area contributed by atoms with Crippen LogP contribution in [0.25, 0.3) is 11.1 Å². The molecule has 0 aliphatic heterocycles. The van der Waals surface area contributed by atoms with E-state index in [2.05, 4.69) is 4.74 Å². The van der Waals surface area contributed by atoms with E-state index in [-0.39, 0.29) is 5.75 Å². The Hall–Kier alpha value is -3.42. The Labute approximate surface area is 155 Å². The Balaban J connectivity index is 1.77. The Morgan fingerprint density at radius 3 is 1.89 bits per heavy atom. The second-order valence-electron chi connectivity index (χ2n) is 5.52. The molecule has 0 fully saturated rings. The molecule has 3 rings (SSSR count). The van der Waals surface area contributed by atoms with E-state index in [0.717, 1.165) is 5.56 Å². The maximum Gasteiger partial charge on any atom is 0.349 e. The topological polar surface area (TPSA) is 35.5 Å². The van der Waals surface area contributed by atoms with Crippen LogP contribution in [0.15, 0.2) is 54.6 Å². The molecule has 0 radical (unpaired) electrons. The quantitative estimate of drug-likeness (QED) is 0.200. The van der Waals surface area contributed by atoms with Gasteiger partial charge in [-0.15, -0.1) is 0 Å². The first-order valence-corrected chi connectivity index (χ1v) is 7.89. The summed E-state index contributed by atoms with van der Waals surface area (Å²) in [6.07, 6.45) is 0. The van der Waals surface area contributed by atoms with E-state index in [1.165, 1.54) is 0 Å². The lowest BCUT2D eigenvalue weighted by atomic mass is 10.1. The largest absolute Gasteiger partial charge is 0.481 e. The molecule has 0 spiro atoms. The lowest BCUT2D eigenvalue weighted by Crippen LogP contribution is -2.20. The van der Waals surface area contributed by atoms with Crippen LogP contribution in [0.1, 0.15) is 0 Å². The van der Waals surface area contributed by atoms with Gasteiger partial charge < -0.3 is 9.47 Å². The highest BCUT2D eigenvalue weighted by Crippen LogP contribution is 2.31. The van der Waals surface area contributed by atoms with Crippen molar-refractivity contribution in [2.45, 2.75) is 0 Å². The standard InChI is InChI=1S/C20H11F5O3/c21-15-16(22)18(24)20(19(25)17(15)23)28-14(26)10-27-13-9-5-4-8-12(13)11-6-2-1-3-7-11/h1-9H,10H2. The number of para-hydroxylation sites is 1. The van der Waals surface area contributed by atoms with Crippen molar-refractivity contribution < 1.29 is 36.2 Å². The van der Waals surface area contributed by atoms with Crippen molar-refractivity contribution in [3.8, 4) is 22.6 Å². The second kappa shape index (κ2) is 8.08. The minimum absolute atomic E-state index is 0.267. The van der Waals surface area contributed by atoms with Gasteiger partial charge in [0.1, 0.15) is 5.75 Å². The molecule has 3 aromatic carbocycles. The van der Waals surface area contributed by atoms with Crippen molar-refractivity contribution in [3.05, 3.63) is 83.7 Å². The molecule has 0 bridgehead atoms. The summed E-state index contributed by atoms with van der Waals surface area (Å²) in [7, 11) is 0. The van der Waals surface area contributed by atoms with E-state index in [4.69, 9.17) is 4.74 Å². The molecule has 8 heteroatoms. The van der Waals surface area contributed by atoms with Crippen LogP contribution in [0.3, 0.4) is 0 Å². The lowest BCUT2D eigenvalue weighted by molar-refractivity contribution is -0.137. The van der Waals surface area contributed by atoms with Crippen molar-refractivity contribution in [1.82, 2.24) is 0 Å². The summed E-state index contributed by atoms with van der Waals surface area (Å²) >= 11 is 0. The summed E-state index contributed by atoms with van der Waals surface area (Å²) in [5.74, 6) is -14.0. The van der Waals surface area contributed by atoms with Crippen LogP contribution in [0.2, 0.25) is 0 Å². The molecule has 0 atom stereocenters. The van der Waals surface area contributed by atoms with Crippen molar-refractivity contribution in [2.75, 3.05) is 6.61 Å². The van der Waals surface area contributed by atoms with Gasteiger partial charge in [0, 0.05) is 5.56 Å². The molecule has 0 N–H and O–H groups in total. The molecular weight excluding hydrogens is 383 g/mol. The van der Waals surface area contributed by atoms with Gasteiger partial charge in [0.15, 0.2) is 6.61 Å². The molecule has 144 valence electrons. The van der Waals surface area contributed by atoms with Gasteiger partial charge in [-0.25, -0.2) is 18.0 Å². The first kappa shape index (κ1) is 19.3. The number of esters is 1.